The van der Waals surface area contributed by atoms with Gasteiger partial charge in [-0.2, -0.15) is 0 Å². The summed E-state index contributed by atoms with van der Waals surface area (Å²) in [5, 5.41) is 0. The molecule has 6 heteroatoms. The molecule has 2 aromatic rings. The van der Waals surface area contributed by atoms with E-state index >= 15 is 0 Å². The normalized spacial score (nSPS) is 15.4. The first-order valence-electron chi connectivity index (χ1n) is 9.31. The second-order valence-electron chi connectivity index (χ2n) is 6.85. The number of carbonyl (C=O) groups excluding carboxylic acids is 2. The van der Waals surface area contributed by atoms with E-state index < -0.39 is 0 Å². The molecule has 142 valence electrons. The molecule has 2 heterocycles. The monoisotopic (exact) mass is 369 g/mol. The molecule has 0 atom stereocenters. The van der Waals surface area contributed by atoms with Crippen molar-refractivity contribution in [3.63, 3.8) is 0 Å². The van der Waals surface area contributed by atoms with E-state index in [2.05, 4.69) is 9.88 Å². The molecule has 1 fully saturated rings. The second kappa shape index (κ2) is 9.37. The number of aromatic nitrogens is 1. The minimum atomic E-state index is -0.322. The third kappa shape index (κ3) is 5.20. The van der Waals surface area contributed by atoms with Crippen LogP contribution in [0.25, 0.3) is 0 Å². The van der Waals surface area contributed by atoms with Gasteiger partial charge in [0.05, 0.1) is 11.9 Å². The Hall–Kier alpha value is -2.60. The molecule has 1 aliphatic heterocycles. The van der Waals surface area contributed by atoms with Gasteiger partial charge in [-0.3, -0.25) is 14.6 Å². The number of piperidine rings is 1. The van der Waals surface area contributed by atoms with Crippen molar-refractivity contribution in [3.8, 4) is 0 Å². The quantitative estimate of drug-likeness (QED) is 0.530. The zero-order valence-corrected chi connectivity index (χ0v) is 15.3. The summed E-state index contributed by atoms with van der Waals surface area (Å²) in [5.41, 5.74) is 1.39. The van der Waals surface area contributed by atoms with Crippen LogP contribution in [-0.2, 0) is 4.79 Å². The highest BCUT2D eigenvalue weighted by Crippen LogP contribution is 2.22. The topological polar surface area (TPSA) is 53.5 Å². The predicted octanol–water partition coefficient (Wildman–Crippen LogP) is 3.17. The van der Waals surface area contributed by atoms with E-state index in [4.69, 9.17) is 0 Å². The highest BCUT2D eigenvalue weighted by molar-refractivity contribution is 5.97. The molecule has 1 amide bonds. The Labute approximate surface area is 158 Å². The number of nitrogens with zero attached hydrogens (tertiary/aromatic N) is 3. The predicted molar refractivity (Wildman–Crippen MR) is 102 cm³/mol. The Morgan fingerprint density at radius 2 is 1.96 bits per heavy atom. The van der Waals surface area contributed by atoms with Gasteiger partial charge in [0.25, 0.3) is 0 Å². The van der Waals surface area contributed by atoms with Gasteiger partial charge >= 0.3 is 0 Å². The lowest BCUT2D eigenvalue weighted by Crippen LogP contribution is -2.38. The first kappa shape index (κ1) is 19.2. The summed E-state index contributed by atoms with van der Waals surface area (Å²) >= 11 is 0. The molecule has 1 aliphatic rings. The zero-order valence-electron chi connectivity index (χ0n) is 15.3. The van der Waals surface area contributed by atoms with Gasteiger partial charge in [0.2, 0.25) is 6.41 Å². The fourth-order valence-electron chi connectivity index (χ4n) is 3.50. The van der Waals surface area contributed by atoms with Gasteiger partial charge < -0.3 is 9.80 Å². The number of benzene rings is 1. The van der Waals surface area contributed by atoms with E-state index in [1.807, 2.05) is 12.1 Å². The molecule has 3 rings (SSSR count). The minimum absolute atomic E-state index is 0.00794. The van der Waals surface area contributed by atoms with E-state index in [9.17, 15) is 14.0 Å². The van der Waals surface area contributed by atoms with Crippen molar-refractivity contribution >= 4 is 17.9 Å². The number of hydrogen-bond donors (Lipinski definition) is 0. The molecule has 0 N–H and O–H groups in total. The van der Waals surface area contributed by atoms with Gasteiger partial charge in [0.15, 0.2) is 5.78 Å². The molecule has 1 aromatic heterocycles. The Balaban J connectivity index is 1.42. The third-order valence-electron chi connectivity index (χ3n) is 5.07. The van der Waals surface area contributed by atoms with Gasteiger partial charge in [0.1, 0.15) is 5.82 Å². The average Bonchev–Trinajstić information content (AvgIpc) is 2.72. The summed E-state index contributed by atoms with van der Waals surface area (Å²) in [6.07, 6.45) is 6.70. The smallest absolute Gasteiger partial charge is 0.214 e. The summed E-state index contributed by atoms with van der Waals surface area (Å²) in [6.45, 7) is 3.27. The number of rotatable bonds is 8. The Kier molecular flexibility index (Phi) is 6.65. The van der Waals surface area contributed by atoms with Gasteiger partial charge in [-0.1, -0.05) is 0 Å². The van der Waals surface area contributed by atoms with Crippen molar-refractivity contribution in [1.82, 2.24) is 9.88 Å². The van der Waals surface area contributed by atoms with Crippen LogP contribution in [0, 0.1) is 11.7 Å². The number of anilines is 1. The first-order valence-corrected chi connectivity index (χ1v) is 9.31. The summed E-state index contributed by atoms with van der Waals surface area (Å²) in [6, 6.07) is 9.49. The van der Waals surface area contributed by atoms with Crippen LogP contribution < -0.4 is 4.90 Å². The Morgan fingerprint density at radius 1 is 1.22 bits per heavy atom. The lowest BCUT2D eigenvalue weighted by Gasteiger charge is -2.31. The van der Waals surface area contributed by atoms with Crippen molar-refractivity contribution < 1.29 is 14.0 Å². The first-order chi connectivity index (χ1) is 13.2. The van der Waals surface area contributed by atoms with Crippen LogP contribution in [0.2, 0.25) is 0 Å². The largest absolute Gasteiger partial charge is 0.313 e. The van der Waals surface area contributed by atoms with Crippen LogP contribution in [0.1, 0.15) is 29.6 Å². The third-order valence-corrected chi connectivity index (χ3v) is 5.07. The van der Waals surface area contributed by atoms with E-state index in [1.165, 1.54) is 12.1 Å². The van der Waals surface area contributed by atoms with E-state index in [-0.39, 0.29) is 17.5 Å². The minimum Gasteiger partial charge on any atom is -0.313 e. The highest BCUT2D eigenvalue weighted by atomic mass is 19.1. The van der Waals surface area contributed by atoms with E-state index in [0.29, 0.717) is 12.1 Å². The Morgan fingerprint density at radius 3 is 2.59 bits per heavy atom. The summed E-state index contributed by atoms with van der Waals surface area (Å²) < 4.78 is 13.0. The molecule has 1 aromatic carbocycles. The highest BCUT2D eigenvalue weighted by Gasteiger charge is 2.25. The number of halogens is 1. The zero-order chi connectivity index (χ0) is 19.1. The lowest BCUT2D eigenvalue weighted by molar-refractivity contribution is -0.107. The molecule has 0 aliphatic carbocycles. The van der Waals surface area contributed by atoms with Gasteiger partial charge in [-0.05, 0) is 75.3 Å². The van der Waals surface area contributed by atoms with Crippen molar-refractivity contribution in [2.45, 2.75) is 19.3 Å². The number of amides is 1. The SMILES string of the molecule is O=CN(CCCN1CCC(C(=O)c2ccc(F)cc2)CC1)c1cccnc1. The van der Waals surface area contributed by atoms with Crippen molar-refractivity contribution in [3.05, 3.63) is 60.2 Å². The van der Waals surface area contributed by atoms with Crippen LogP contribution >= 0.6 is 0 Å². The van der Waals surface area contributed by atoms with Crippen molar-refractivity contribution in [2.24, 2.45) is 5.92 Å². The standard InChI is InChI=1S/C21H24FN3O2/c22-19-6-4-17(5-7-19)21(27)18-8-13-24(14-9-18)11-2-12-25(16-26)20-3-1-10-23-15-20/h1,3-7,10,15-16,18H,2,8-9,11-14H2. The fourth-order valence-corrected chi connectivity index (χ4v) is 3.50. The molecule has 0 bridgehead atoms. The van der Waals surface area contributed by atoms with Gasteiger partial charge in [-0.15, -0.1) is 0 Å². The van der Waals surface area contributed by atoms with Gasteiger partial charge in [-0.25, -0.2) is 4.39 Å². The molecule has 27 heavy (non-hydrogen) atoms. The number of ketones is 1. The lowest BCUT2D eigenvalue weighted by atomic mass is 9.89. The maximum Gasteiger partial charge on any atom is 0.214 e. The summed E-state index contributed by atoms with van der Waals surface area (Å²) in [4.78, 5) is 31.9. The van der Waals surface area contributed by atoms with Crippen LogP contribution in [0.5, 0.6) is 0 Å². The molecule has 0 radical (unpaired) electrons. The number of pyridine rings is 1. The van der Waals surface area contributed by atoms with Crippen molar-refractivity contribution in [1.29, 1.82) is 0 Å². The molecule has 0 unspecified atom stereocenters. The molecule has 5 nitrogen and oxygen atoms in total. The molecular formula is C21H24FN3O2. The summed E-state index contributed by atoms with van der Waals surface area (Å²) in [7, 11) is 0. The summed E-state index contributed by atoms with van der Waals surface area (Å²) in [5.74, 6) is -0.205. The van der Waals surface area contributed by atoms with Crippen LogP contribution in [0.15, 0.2) is 48.8 Å². The number of hydrogen-bond acceptors (Lipinski definition) is 4. The molecular weight excluding hydrogens is 345 g/mol. The average molecular weight is 369 g/mol. The maximum atomic E-state index is 13.0. The number of likely N-dealkylation sites (tertiary alicyclic amines) is 1. The molecule has 0 saturated carbocycles. The van der Waals surface area contributed by atoms with Crippen LogP contribution in [-0.4, -0.2) is 48.3 Å². The van der Waals surface area contributed by atoms with Crippen LogP contribution in [0.4, 0.5) is 10.1 Å². The van der Waals surface area contributed by atoms with Crippen LogP contribution in [0.3, 0.4) is 0 Å². The van der Waals surface area contributed by atoms with Crippen molar-refractivity contribution in [2.75, 3.05) is 31.1 Å². The number of Topliss-reactive ketones (excluding diaryl/α,β-unsaturated/α-hetero) is 1. The number of carbonyl (C=O) groups is 2. The fraction of sp³-hybridized carbons (Fsp3) is 0.381. The van der Waals surface area contributed by atoms with E-state index in [0.717, 1.165) is 51.0 Å². The van der Waals surface area contributed by atoms with Gasteiger partial charge in [0, 0.05) is 24.2 Å². The Bertz CT molecular complexity index is 744. The maximum absolute atomic E-state index is 13.0. The second-order valence-corrected chi connectivity index (χ2v) is 6.85. The molecule has 0 spiro atoms. The van der Waals surface area contributed by atoms with E-state index in [1.54, 1.807) is 29.4 Å². The molecule has 1 saturated heterocycles.